The second-order valence-electron chi connectivity index (χ2n) is 4.11. The van der Waals surface area contributed by atoms with E-state index in [0.29, 0.717) is 6.04 Å². The van der Waals surface area contributed by atoms with Crippen LogP contribution in [0.1, 0.15) is 31.7 Å². The van der Waals surface area contributed by atoms with E-state index in [9.17, 15) is 4.39 Å². The van der Waals surface area contributed by atoms with E-state index < -0.39 is 0 Å². The zero-order chi connectivity index (χ0) is 10.3. The molecule has 0 bridgehead atoms. The Kier molecular flexibility index (Phi) is 1.94. The van der Waals surface area contributed by atoms with Gasteiger partial charge in [-0.1, -0.05) is 18.1 Å². The Balaban J connectivity index is 2.13. The summed E-state index contributed by atoms with van der Waals surface area (Å²) in [6.45, 7) is 0. The third kappa shape index (κ3) is 1.40. The summed E-state index contributed by atoms with van der Waals surface area (Å²) in [6, 6.07) is 5.05. The lowest BCUT2D eigenvalue weighted by atomic mass is 10.2. The van der Waals surface area contributed by atoms with Crippen LogP contribution < -0.4 is 0 Å². The molecule has 1 fully saturated rings. The number of fused-ring (bicyclic) bond motifs is 1. The molecule has 0 amide bonds. The molecule has 0 radical (unpaired) electrons. The minimum atomic E-state index is -0.218. The van der Waals surface area contributed by atoms with Crippen molar-refractivity contribution in [3.05, 3.63) is 24.0 Å². The van der Waals surface area contributed by atoms with E-state index in [2.05, 4.69) is 10.3 Å². The summed E-state index contributed by atoms with van der Waals surface area (Å²) in [7, 11) is 0. The molecule has 0 unspecified atom stereocenters. The van der Waals surface area contributed by atoms with Crippen molar-refractivity contribution in [3.8, 4) is 0 Å². The maximum atomic E-state index is 13.1. The van der Waals surface area contributed by atoms with Crippen LogP contribution in [-0.4, -0.2) is 15.0 Å². The number of hydrogen-bond acceptors (Lipinski definition) is 2. The van der Waals surface area contributed by atoms with E-state index in [1.807, 2.05) is 4.68 Å². The highest BCUT2D eigenvalue weighted by molar-refractivity contribution is 5.74. The van der Waals surface area contributed by atoms with Gasteiger partial charge in [-0.2, -0.15) is 0 Å². The average Bonchev–Trinajstić information content (AvgIpc) is 2.83. The number of halogens is 1. The van der Waals surface area contributed by atoms with Gasteiger partial charge in [0.2, 0.25) is 0 Å². The van der Waals surface area contributed by atoms with Crippen molar-refractivity contribution in [3.63, 3.8) is 0 Å². The summed E-state index contributed by atoms with van der Waals surface area (Å²) in [5.74, 6) is -0.218. The first-order valence-electron chi connectivity index (χ1n) is 5.35. The highest BCUT2D eigenvalue weighted by atomic mass is 19.1. The van der Waals surface area contributed by atoms with E-state index in [-0.39, 0.29) is 5.82 Å². The fourth-order valence-corrected chi connectivity index (χ4v) is 2.33. The van der Waals surface area contributed by atoms with Crippen molar-refractivity contribution in [1.82, 2.24) is 15.0 Å². The van der Waals surface area contributed by atoms with Crippen molar-refractivity contribution in [1.29, 1.82) is 0 Å². The molecule has 1 aromatic heterocycles. The van der Waals surface area contributed by atoms with Gasteiger partial charge >= 0.3 is 0 Å². The second kappa shape index (κ2) is 3.29. The van der Waals surface area contributed by atoms with Crippen molar-refractivity contribution < 1.29 is 4.39 Å². The minimum Gasteiger partial charge on any atom is -0.241 e. The van der Waals surface area contributed by atoms with Gasteiger partial charge in [-0.05, 0) is 25.0 Å². The quantitative estimate of drug-likeness (QED) is 0.716. The third-order valence-electron chi connectivity index (χ3n) is 3.10. The monoisotopic (exact) mass is 205 g/mol. The van der Waals surface area contributed by atoms with E-state index >= 15 is 0 Å². The van der Waals surface area contributed by atoms with Gasteiger partial charge < -0.3 is 0 Å². The van der Waals surface area contributed by atoms with Crippen LogP contribution in [0.15, 0.2) is 18.2 Å². The Bertz CT molecular complexity index is 486. The Labute approximate surface area is 86.9 Å². The fraction of sp³-hybridized carbons (Fsp3) is 0.455. The summed E-state index contributed by atoms with van der Waals surface area (Å²) in [6.07, 6.45) is 4.74. The Morgan fingerprint density at radius 1 is 1.27 bits per heavy atom. The molecule has 3 rings (SSSR count). The number of benzene rings is 1. The van der Waals surface area contributed by atoms with E-state index in [4.69, 9.17) is 0 Å². The van der Waals surface area contributed by atoms with Crippen LogP contribution in [0.4, 0.5) is 4.39 Å². The summed E-state index contributed by atoms with van der Waals surface area (Å²) in [5, 5.41) is 8.17. The minimum absolute atomic E-state index is 0.218. The Morgan fingerprint density at radius 3 is 2.87 bits per heavy atom. The van der Waals surface area contributed by atoms with Crippen LogP contribution in [0.2, 0.25) is 0 Å². The molecular formula is C11H12FN3. The number of nitrogens with zero attached hydrogens (tertiary/aromatic N) is 3. The molecule has 0 spiro atoms. The highest BCUT2D eigenvalue weighted by Crippen LogP contribution is 2.30. The summed E-state index contributed by atoms with van der Waals surface area (Å²) in [4.78, 5) is 0. The van der Waals surface area contributed by atoms with Crippen LogP contribution in [-0.2, 0) is 0 Å². The lowest BCUT2D eigenvalue weighted by Crippen LogP contribution is -2.06. The van der Waals surface area contributed by atoms with Crippen LogP contribution >= 0.6 is 0 Å². The largest absolute Gasteiger partial charge is 0.241 e. The zero-order valence-corrected chi connectivity index (χ0v) is 8.36. The molecular weight excluding hydrogens is 193 g/mol. The number of hydrogen-bond donors (Lipinski definition) is 0. The van der Waals surface area contributed by atoms with Crippen LogP contribution in [0.25, 0.3) is 11.0 Å². The van der Waals surface area contributed by atoms with Crippen molar-refractivity contribution in [2.75, 3.05) is 0 Å². The Hall–Kier alpha value is -1.45. The third-order valence-corrected chi connectivity index (χ3v) is 3.10. The molecule has 1 aliphatic carbocycles. The van der Waals surface area contributed by atoms with Crippen LogP contribution in [0.3, 0.4) is 0 Å². The normalized spacial score (nSPS) is 17.7. The molecule has 78 valence electrons. The van der Waals surface area contributed by atoms with E-state index in [1.165, 1.54) is 25.0 Å². The standard InChI is InChI=1S/C11H12FN3/c12-8-5-6-10-11(7-8)15(14-13-10)9-3-1-2-4-9/h5-7,9H,1-4H2. The molecule has 1 aromatic carbocycles. The van der Waals surface area contributed by atoms with Crippen molar-refractivity contribution >= 4 is 11.0 Å². The predicted octanol–water partition coefficient (Wildman–Crippen LogP) is 2.69. The summed E-state index contributed by atoms with van der Waals surface area (Å²) in [5.41, 5.74) is 1.60. The van der Waals surface area contributed by atoms with Gasteiger partial charge in [0.25, 0.3) is 0 Å². The maximum Gasteiger partial charge on any atom is 0.125 e. The first kappa shape index (κ1) is 8.83. The molecule has 15 heavy (non-hydrogen) atoms. The van der Waals surface area contributed by atoms with Gasteiger partial charge in [-0.15, -0.1) is 5.10 Å². The molecule has 0 aliphatic heterocycles. The van der Waals surface area contributed by atoms with E-state index in [0.717, 1.165) is 23.9 Å². The molecule has 3 nitrogen and oxygen atoms in total. The van der Waals surface area contributed by atoms with Crippen LogP contribution in [0.5, 0.6) is 0 Å². The lowest BCUT2D eigenvalue weighted by Gasteiger charge is -2.09. The molecule has 2 aromatic rings. The molecule has 0 atom stereocenters. The zero-order valence-electron chi connectivity index (χ0n) is 8.36. The van der Waals surface area contributed by atoms with Gasteiger partial charge in [0.15, 0.2) is 0 Å². The van der Waals surface area contributed by atoms with Crippen molar-refractivity contribution in [2.24, 2.45) is 0 Å². The smallest absolute Gasteiger partial charge is 0.125 e. The first-order chi connectivity index (χ1) is 7.34. The molecule has 1 saturated carbocycles. The molecule has 4 heteroatoms. The molecule has 0 N–H and O–H groups in total. The van der Waals surface area contributed by atoms with Crippen LogP contribution in [0, 0.1) is 5.82 Å². The van der Waals surface area contributed by atoms with E-state index in [1.54, 1.807) is 6.07 Å². The average molecular weight is 205 g/mol. The summed E-state index contributed by atoms with van der Waals surface area (Å²) >= 11 is 0. The first-order valence-corrected chi connectivity index (χ1v) is 5.35. The van der Waals surface area contributed by atoms with Gasteiger partial charge in [0, 0.05) is 6.07 Å². The maximum absolute atomic E-state index is 13.1. The molecule has 1 heterocycles. The number of rotatable bonds is 1. The molecule has 1 aliphatic rings. The topological polar surface area (TPSA) is 30.7 Å². The van der Waals surface area contributed by atoms with Gasteiger partial charge in [-0.3, -0.25) is 0 Å². The van der Waals surface area contributed by atoms with Gasteiger partial charge in [0.05, 0.1) is 11.6 Å². The van der Waals surface area contributed by atoms with Gasteiger partial charge in [0.1, 0.15) is 11.3 Å². The lowest BCUT2D eigenvalue weighted by molar-refractivity contribution is 0.466. The Morgan fingerprint density at radius 2 is 2.07 bits per heavy atom. The number of aromatic nitrogens is 3. The van der Waals surface area contributed by atoms with Crippen molar-refractivity contribution in [2.45, 2.75) is 31.7 Å². The van der Waals surface area contributed by atoms with Gasteiger partial charge in [-0.25, -0.2) is 9.07 Å². The fourth-order valence-electron chi connectivity index (χ4n) is 2.33. The molecule has 0 saturated heterocycles. The second-order valence-corrected chi connectivity index (χ2v) is 4.11. The SMILES string of the molecule is Fc1ccc2nnn(C3CCCC3)c2c1. The summed E-state index contributed by atoms with van der Waals surface area (Å²) < 4.78 is 15.0. The predicted molar refractivity (Wildman–Crippen MR) is 55.0 cm³/mol. The highest BCUT2D eigenvalue weighted by Gasteiger charge is 2.20.